The smallest absolute Gasteiger partial charge is 0.193 e. The number of rotatable bonds is 5. The van der Waals surface area contributed by atoms with Gasteiger partial charge in [0.05, 0.1) is 12.2 Å². The summed E-state index contributed by atoms with van der Waals surface area (Å²) in [6, 6.07) is 8.25. The van der Waals surface area contributed by atoms with Crippen LogP contribution in [-0.2, 0) is 19.4 Å². The van der Waals surface area contributed by atoms with Crippen molar-refractivity contribution in [3.05, 3.63) is 52.6 Å². The van der Waals surface area contributed by atoms with Gasteiger partial charge in [0.15, 0.2) is 5.96 Å². The van der Waals surface area contributed by atoms with Crippen molar-refractivity contribution in [2.45, 2.75) is 47.1 Å². The Morgan fingerprint density at radius 2 is 1.75 bits per heavy atom. The molecular weight excluding hydrogens is 413 g/mol. The first kappa shape index (κ1) is 20.3. The lowest BCUT2D eigenvalue weighted by atomic mass is 10.0. The molecule has 1 aromatic carbocycles. The van der Waals surface area contributed by atoms with Crippen LogP contribution < -0.4 is 11.1 Å². The predicted octanol–water partition coefficient (Wildman–Crippen LogP) is 3.76. The molecule has 0 atom stereocenters. The second-order valence-electron chi connectivity index (χ2n) is 5.53. The number of nitrogens with two attached hydrogens (primary N) is 1. The summed E-state index contributed by atoms with van der Waals surface area (Å²) in [6.45, 7) is 8.56. The van der Waals surface area contributed by atoms with E-state index >= 15 is 0 Å². The lowest BCUT2D eigenvalue weighted by Gasteiger charge is -2.14. The quantitative estimate of drug-likeness (QED) is 0.423. The van der Waals surface area contributed by atoms with E-state index < -0.39 is 0 Å². The molecule has 2 rings (SSSR count). The van der Waals surface area contributed by atoms with Gasteiger partial charge in [-0.05, 0) is 43.9 Å². The van der Waals surface area contributed by atoms with Gasteiger partial charge in [0.1, 0.15) is 5.82 Å². The maximum atomic E-state index is 6.07. The molecule has 2 aromatic rings. The number of nitrogens with one attached hydrogen (secondary N) is 1. The first-order valence-electron chi connectivity index (χ1n) is 8.02. The van der Waals surface area contributed by atoms with Gasteiger partial charge >= 0.3 is 0 Å². The minimum atomic E-state index is 0. The van der Waals surface area contributed by atoms with Crippen LogP contribution in [0, 0.1) is 13.8 Å². The number of para-hydroxylation sites is 1. The number of anilines is 1. The lowest BCUT2D eigenvalue weighted by molar-refractivity contribution is 0.906. The Bertz CT molecular complexity index is 670. The zero-order valence-corrected chi connectivity index (χ0v) is 17.1. The van der Waals surface area contributed by atoms with E-state index in [4.69, 9.17) is 5.73 Å². The van der Waals surface area contributed by atoms with Crippen LogP contribution in [0.3, 0.4) is 0 Å². The lowest BCUT2D eigenvalue weighted by Crippen LogP contribution is -2.24. The first-order valence-corrected chi connectivity index (χ1v) is 8.02. The van der Waals surface area contributed by atoms with E-state index in [9.17, 15) is 0 Å². The molecule has 0 saturated carbocycles. The molecule has 0 aliphatic heterocycles. The van der Waals surface area contributed by atoms with E-state index in [1.165, 1.54) is 11.1 Å². The van der Waals surface area contributed by atoms with Gasteiger partial charge in [0.25, 0.3) is 0 Å². The minimum absolute atomic E-state index is 0. The Kier molecular flexibility index (Phi) is 8.10. The van der Waals surface area contributed by atoms with E-state index in [1.54, 1.807) is 0 Å². The highest BCUT2D eigenvalue weighted by Crippen LogP contribution is 2.22. The molecular formula is C18H26IN5. The van der Waals surface area contributed by atoms with Gasteiger partial charge in [0.2, 0.25) is 0 Å². The van der Waals surface area contributed by atoms with Gasteiger partial charge in [-0.15, -0.1) is 24.0 Å². The zero-order chi connectivity index (χ0) is 16.8. The summed E-state index contributed by atoms with van der Waals surface area (Å²) in [5.41, 5.74) is 11.5. The number of hydrogen-bond acceptors (Lipinski definition) is 3. The second-order valence-corrected chi connectivity index (χ2v) is 5.53. The second kappa shape index (κ2) is 9.56. The number of halogens is 1. The first-order chi connectivity index (χ1) is 11.0. The van der Waals surface area contributed by atoms with Crippen LogP contribution in [0.1, 0.15) is 42.2 Å². The molecule has 0 saturated heterocycles. The number of aryl methyl sites for hydroxylation is 4. The molecule has 130 valence electrons. The summed E-state index contributed by atoms with van der Waals surface area (Å²) >= 11 is 0. The molecule has 0 aliphatic rings. The number of hydrogen-bond donors (Lipinski definition) is 2. The Morgan fingerprint density at radius 1 is 1.12 bits per heavy atom. The molecule has 24 heavy (non-hydrogen) atoms. The van der Waals surface area contributed by atoms with Crippen molar-refractivity contribution in [2.75, 3.05) is 5.32 Å². The van der Waals surface area contributed by atoms with Crippen LogP contribution >= 0.6 is 24.0 Å². The minimum Gasteiger partial charge on any atom is -0.370 e. The summed E-state index contributed by atoms with van der Waals surface area (Å²) in [5, 5.41) is 3.26. The molecule has 3 N–H and O–H groups in total. The van der Waals surface area contributed by atoms with E-state index in [2.05, 4.69) is 52.3 Å². The Hall–Kier alpha value is -1.70. The Labute approximate surface area is 161 Å². The van der Waals surface area contributed by atoms with Crippen LogP contribution in [0.25, 0.3) is 0 Å². The molecule has 0 aliphatic carbocycles. The Balaban J connectivity index is 0.00000288. The predicted molar refractivity (Wildman–Crippen MR) is 111 cm³/mol. The normalized spacial score (nSPS) is 11.1. The fraction of sp³-hybridized carbons (Fsp3) is 0.389. The number of guanidine groups is 1. The molecule has 0 amide bonds. The van der Waals surface area contributed by atoms with E-state index in [1.807, 2.05) is 19.9 Å². The van der Waals surface area contributed by atoms with Crippen molar-refractivity contribution in [3.63, 3.8) is 0 Å². The topological polar surface area (TPSA) is 76.2 Å². The highest BCUT2D eigenvalue weighted by atomic mass is 127. The van der Waals surface area contributed by atoms with E-state index in [0.717, 1.165) is 35.7 Å². The summed E-state index contributed by atoms with van der Waals surface area (Å²) in [7, 11) is 0. The van der Waals surface area contributed by atoms with Crippen molar-refractivity contribution >= 4 is 35.6 Å². The van der Waals surface area contributed by atoms with Crippen LogP contribution in [-0.4, -0.2) is 15.9 Å². The molecule has 0 fully saturated rings. The highest BCUT2D eigenvalue weighted by Gasteiger charge is 2.07. The third-order valence-electron chi connectivity index (χ3n) is 3.68. The Morgan fingerprint density at radius 3 is 2.29 bits per heavy atom. The van der Waals surface area contributed by atoms with Crippen LogP contribution in [0.5, 0.6) is 0 Å². The fourth-order valence-corrected chi connectivity index (χ4v) is 2.61. The zero-order valence-electron chi connectivity index (χ0n) is 14.8. The molecule has 0 bridgehead atoms. The summed E-state index contributed by atoms with van der Waals surface area (Å²) in [5.74, 6) is 1.17. The molecule has 0 spiro atoms. The van der Waals surface area contributed by atoms with Crippen molar-refractivity contribution in [3.8, 4) is 0 Å². The number of aliphatic imine (C=N–C) groups is 1. The van der Waals surface area contributed by atoms with Gasteiger partial charge in [-0.2, -0.15) is 0 Å². The van der Waals surface area contributed by atoms with Gasteiger partial charge < -0.3 is 11.1 Å². The standard InChI is InChI=1S/C18H25N5.HI/c1-5-14-8-7-9-15(6-2)17(14)23-18(19)20-11-16-10-12(3)21-13(4)22-16;/h7-10H,5-6,11H2,1-4H3,(H3,19,20,23);1H. The highest BCUT2D eigenvalue weighted by molar-refractivity contribution is 14.0. The third kappa shape index (κ3) is 5.43. The maximum Gasteiger partial charge on any atom is 0.193 e. The van der Waals surface area contributed by atoms with E-state index in [0.29, 0.717) is 12.5 Å². The SMILES string of the molecule is CCc1cccc(CC)c1NC(N)=NCc1cc(C)nc(C)n1.I. The average molecular weight is 439 g/mol. The molecule has 6 heteroatoms. The molecule has 0 radical (unpaired) electrons. The van der Waals surface area contributed by atoms with Crippen molar-refractivity contribution in [2.24, 2.45) is 10.7 Å². The molecule has 5 nitrogen and oxygen atoms in total. The summed E-state index contributed by atoms with van der Waals surface area (Å²) < 4.78 is 0. The number of aromatic nitrogens is 2. The van der Waals surface area contributed by atoms with Gasteiger partial charge in [-0.3, -0.25) is 0 Å². The number of benzene rings is 1. The van der Waals surface area contributed by atoms with Gasteiger partial charge in [-0.1, -0.05) is 32.0 Å². The van der Waals surface area contributed by atoms with Crippen LogP contribution in [0.15, 0.2) is 29.3 Å². The monoisotopic (exact) mass is 439 g/mol. The van der Waals surface area contributed by atoms with Crippen LogP contribution in [0.4, 0.5) is 5.69 Å². The third-order valence-corrected chi connectivity index (χ3v) is 3.68. The van der Waals surface area contributed by atoms with Gasteiger partial charge in [0, 0.05) is 11.4 Å². The van der Waals surface area contributed by atoms with Crippen molar-refractivity contribution < 1.29 is 0 Å². The molecule has 1 heterocycles. The summed E-state index contributed by atoms with van der Waals surface area (Å²) in [6.07, 6.45) is 1.90. The largest absolute Gasteiger partial charge is 0.370 e. The van der Waals surface area contributed by atoms with Crippen molar-refractivity contribution in [1.82, 2.24) is 9.97 Å². The van der Waals surface area contributed by atoms with E-state index in [-0.39, 0.29) is 24.0 Å². The molecule has 1 aromatic heterocycles. The number of nitrogens with zero attached hydrogens (tertiary/aromatic N) is 3. The summed E-state index contributed by atoms with van der Waals surface area (Å²) in [4.78, 5) is 13.1. The van der Waals surface area contributed by atoms with Crippen molar-refractivity contribution in [1.29, 1.82) is 0 Å². The fourth-order valence-electron chi connectivity index (χ4n) is 2.61. The average Bonchev–Trinajstić information content (AvgIpc) is 2.52. The maximum absolute atomic E-state index is 6.07. The molecule has 0 unspecified atom stereocenters. The van der Waals surface area contributed by atoms with Crippen LogP contribution in [0.2, 0.25) is 0 Å². The van der Waals surface area contributed by atoms with Gasteiger partial charge in [-0.25, -0.2) is 15.0 Å².